The fourth-order valence-electron chi connectivity index (χ4n) is 1.46. The van der Waals surface area contributed by atoms with E-state index in [-0.39, 0.29) is 0 Å². The minimum absolute atomic E-state index is 0.765. The summed E-state index contributed by atoms with van der Waals surface area (Å²) in [5.41, 5.74) is 2.16. The second-order valence-corrected chi connectivity index (χ2v) is 4.52. The third-order valence-corrected chi connectivity index (χ3v) is 3.20. The number of halogens is 2. The minimum atomic E-state index is 0.765. The number of nitrogens with one attached hydrogen (secondary N) is 1. The van der Waals surface area contributed by atoms with Gasteiger partial charge in [0.15, 0.2) is 0 Å². The Morgan fingerprint density at radius 3 is 2.73 bits per heavy atom. The molecule has 0 aliphatic heterocycles. The Hall–Kier alpha value is -0.800. The zero-order valence-corrected chi connectivity index (χ0v) is 10.6. The fourth-order valence-corrected chi connectivity index (χ4v) is 2.17. The van der Waals surface area contributed by atoms with E-state index in [2.05, 4.69) is 25.9 Å². The molecule has 2 aromatic rings. The van der Waals surface area contributed by atoms with Gasteiger partial charge in [0.25, 0.3) is 0 Å². The van der Waals surface area contributed by atoms with Crippen LogP contribution < -0.4 is 0 Å². The average Bonchev–Trinajstić information content (AvgIpc) is 2.49. The Morgan fingerprint density at radius 2 is 2.13 bits per heavy atom. The van der Waals surface area contributed by atoms with Crippen LogP contribution in [0.4, 0.5) is 0 Å². The Kier molecular flexibility index (Phi) is 3.12. The number of hydrogen-bond acceptors (Lipinski definition) is 1. The molecule has 0 saturated carbocycles. The van der Waals surface area contributed by atoms with Crippen molar-refractivity contribution in [1.29, 1.82) is 0 Å². The summed E-state index contributed by atoms with van der Waals surface area (Å²) in [7, 11) is 0. The van der Waals surface area contributed by atoms with E-state index < -0.39 is 0 Å². The number of H-pyrrole nitrogens is 1. The molecule has 1 aromatic heterocycles. The monoisotopic (exact) mass is 284 g/mol. The molecule has 0 amide bonds. The fraction of sp³-hybridized carbons (Fsp3) is 0.182. The molecule has 4 heteroatoms. The number of imidazole rings is 1. The molecule has 0 saturated heterocycles. The zero-order valence-electron chi connectivity index (χ0n) is 8.22. The Labute approximate surface area is 102 Å². The van der Waals surface area contributed by atoms with E-state index in [1.165, 1.54) is 0 Å². The Balaban J connectivity index is 2.29. The molecule has 2 rings (SSSR count). The van der Waals surface area contributed by atoms with E-state index in [0.29, 0.717) is 0 Å². The molecule has 0 fully saturated rings. The van der Waals surface area contributed by atoms with E-state index in [9.17, 15) is 0 Å². The molecular formula is C11H10BrClN2. The number of aromatic nitrogens is 2. The SMILES string of the molecule is Cc1nc(Br)c(Cc2ccccc2Cl)[nH]1. The lowest BCUT2D eigenvalue weighted by atomic mass is 10.1. The minimum Gasteiger partial charge on any atom is -0.345 e. The van der Waals surface area contributed by atoms with Crippen LogP contribution in [0.3, 0.4) is 0 Å². The van der Waals surface area contributed by atoms with Crippen LogP contribution in [0.25, 0.3) is 0 Å². The highest BCUT2D eigenvalue weighted by atomic mass is 79.9. The molecule has 1 aromatic carbocycles. The number of benzene rings is 1. The van der Waals surface area contributed by atoms with Crippen LogP contribution in [0.2, 0.25) is 5.02 Å². The van der Waals surface area contributed by atoms with Gasteiger partial charge in [0.1, 0.15) is 10.4 Å². The van der Waals surface area contributed by atoms with Crippen LogP contribution >= 0.6 is 27.5 Å². The van der Waals surface area contributed by atoms with Crippen molar-refractivity contribution in [2.45, 2.75) is 13.3 Å². The lowest BCUT2D eigenvalue weighted by molar-refractivity contribution is 1.07. The summed E-state index contributed by atoms with van der Waals surface area (Å²) in [6.07, 6.45) is 0.765. The highest BCUT2D eigenvalue weighted by Crippen LogP contribution is 2.22. The van der Waals surface area contributed by atoms with Gasteiger partial charge in [-0.25, -0.2) is 4.98 Å². The first-order valence-electron chi connectivity index (χ1n) is 4.61. The van der Waals surface area contributed by atoms with Gasteiger partial charge in [0, 0.05) is 11.4 Å². The predicted octanol–water partition coefficient (Wildman–Crippen LogP) is 3.72. The second kappa shape index (κ2) is 4.37. The molecule has 2 nitrogen and oxygen atoms in total. The van der Waals surface area contributed by atoms with Gasteiger partial charge in [-0.2, -0.15) is 0 Å². The summed E-state index contributed by atoms with van der Waals surface area (Å²) < 4.78 is 0.861. The molecule has 0 unspecified atom stereocenters. The van der Waals surface area contributed by atoms with Gasteiger partial charge >= 0.3 is 0 Å². The smallest absolute Gasteiger partial charge is 0.127 e. The summed E-state index contributed by atoms with van der Waals surface area (Å²) in [4.78, 5) is 7.46. The summed E-state index contributed by atoms with van der Waals surface area (Å²) in [6, 6.07) is 7.83. The molecule has 0 radical (unpaired) electrons. The van der Waals surface area contributed by atoms with E-state index in [1.54, 1.807) is 0 Å². The van der Waals surface area contributed by atoms with Crippen LogP contribution in [0.5, 0.6) is 0 Å². The highest BCUT2D eigenvalue weighted by Gasteiger charge is 2.07. The summed E-state index contributed by atoms with van der Waals surface area (Å²) in [6.45, 7) is 1.93. The molecule has 0 spiro atoms. The van der Waals surface area contributed by atoms with Crippen LogP contribution in [-0.4, -0.2) is 9.97 Å². The number of aryl methyl sites for hydroxylation is 1. The zero-order chi connectivity index (χ0) is 10.8. The van der Waals surface area contributed by atoms with Gasteiger partial charge in [-0.3, -0.25) is 0 Å². The highest BCUT2D eigenvalue weighted by molar-refractivity contribution is 9.10. The lowest BCUT2D eigenvalue weighted by Crippen LogP contribution is -1.90. The molecule has 0 aliphatic carbocycles. The standard InChI is InChI=1S/C11H10BrClN2/c1-7-14-10(11(12)15-7)6-8-4-2-3-5-9(8)13/h2-5H,6H2,1H3,(H,14,15). The first-order chi connectivity index (χ1) is 7.16. The first-order valence-corrected chi connectivity index (χ1v) is 5.78. The van der Waals surface area contributed by atoms with Gasteiger partial charge in [-0.15, -0.1) is 0 Å². The largest absolute Gasteiger partial charge is 0.345 e. The molecule has 1 N–H and O–H groups in total. The molecular weight excluding hydrogens is 275 g/mol. The number of hydrogen-bond donors (Lipinski definition) is 1. The number of rotatable bonds is 2. The van der Waals surface area contributed by atoms with Crippen molar-refractivity contribution in [2.75, 3.05) is 0 Å². The van der Waals surface area contributed by atoms with Crippen LogP contribution in [0.1, 0.15) is 17.1 Å². The van der Waals surface area contributed by atoms with E-state index in [1.807, 2.05) is 31.2 Å². The van der Waals surface area contributed by atoms with E-state index in [4.69, 9.17) is 11.6 Å². The van der Waals surface area contributed by atoms with Gasteiger partial charge in [-0.1, -0.05) is 29.8 Å². The van der Waals surface area contributed by atoms with Crippen LogP contribution in [-0.2, 0) is 6.42 Å². The van der Waals surface area contributed by atoms with E-state index in [0.717, 1.165) is 33.1 Å². The van der Waals surface area contributed by atoms with Crippen molar-refractivity contribution >= 4 is 27.5 Å². The molecule has 0 aliphatic rings. The van der Waals surface area contributed by atoms with Crippen molar-refractivity contribution < 1.29 is 0 Å². The van der Waals surface area contributed by atoms with Gasteiger partial charge in [0.2, 0.25) is 0 Å². The third kappa shape index (κ3) is 2.41. The number of aromatic amines is 1. The van der Waals surface area contributed by atoms with Crippen LogP contribution in [0, 0.1) is 6.92 Å². The predicted molar refractivity (Wildman–Crippen MR) is 65.3 cm³/mol. The molecule has 0 atom stereocenters. The molecule has 1 heterocycles. The van der Waals surface area contributed by atoms with Gasteiger partial charge in [0.05, 0.1) is 5.69 Å². The van der Waals surface area contributed by atoms with Gasteiger partial charge in [-0.05, 0) is 34.5 Å². The quantitative estimate of drug-likeness (QED) is 0.895. The summed E-state index contributed by atoms with van der Waals surface area (Å²) in [5, 5.41) is 0.789. The second-order valence-electron chi connectivity index (χ2n) is 3.36. The summed E-state index contributed by atoms with van der Waals surface area (Å²) >= 11 is 9.50. The lowest BCUT2D eigenvalue weighted by Gasteiger charge is -2.01. The third-order valence-electron chi connectivity index (χ3n) is 2.17. The topological polar surface area (TPSA) is 28.7 Å². The Bertz CT molecular complexity index is 479. The Morgan fingerprint density at radius 1 is 1.40 bits per heavy atom. The maximum Gasteiger partial charge on any atom is 0.127 e. The average molecular weight is 286 g/mol. The van der Waals surface area contributed by atoms with E-state index >= 15 is 0 Å². The van der Waals surface area contributed by atoms with Crippen molar-refractivity contribution in [2.24, 2.45) is 0 Å². The first kappa shape index (κ1) is 10.7. The van der Waals surface area contributed by atoms with Crippen molar-refractivity contribution in [3.63, 3.8) is 0 Å². The van der Waals surface area contributed by atoms with Crippen molar-refractivity contribution in [3.8, 4) is 0 Å². The molecule has 78 valence electrons. The maximum absolute atomic E-state index is 6.08. The van der Waals surface area contributed by atoms with Crippen molar-refractivity contribution in [1.82, 2.24) is 9.97 Å². The number of nitrogens with zero attached hydrogens (tertiary/aromatic N) is 1. The van der Waals surface area contributed by atoms with Crippen LogP contribution in [0.15, 0.2) is 28.9 Å². The molecule has 0 bridgehead atoms. The maximum atomic E-state index is 6.08. The van der Waals surface area contributed by atoms with Crippen molar-refractivity contribution in [3.05, 3.63) is 51.0 Å². The van der Waals surface area contributed by atoms with Gasteiger partial charge < -0.3 is 4.98 Å². The normalized spacial score (nSPS) is 10.6. The summed E-state index contributed by atoms with van der Waals surface area (Å²) in [5.74, 6) is 0.906. The molecule has 15 heavy (non-hydrogen) atoms.